The van der Waals surface area contributed by atoms with Crippen molar-refractivity contribution in [3.05, 3.63) is 94.5 Å². The minimum atomic E-state index is -1.02. The highest BCUT2D eigenvalue weighted by atomic mass is 35.5. The van der Waals surface area contributed by atoms with Gasteiger partial charge in [0.05, 0.1) is 5.41 Å². The molecule has 1 amide bonds. The van der Waals surface area contributed by atoms with Crippen molar-refractivity contribution in [2.45, 2.75) is 30.1 Å². The van der Waals surface area contributed by atoms with Crippen LogP contribution in [0.5, 0.6) is 0 Å². The van der Waals surface area contributed by atoms with Crippen molar-refractivity contribution in [1.29, 1.82) is 0 Å². The molecule has 0 bridgehead atoms. The highest BCUT2D eigenvalue weighted by Crippen LogP contribution is 2.49. The van der Waals surface area contributed by atoms with E-state index < -0.39 is 11.4 Å². The molecule has 0 radical (unpaired) electrons. The van der Waals surface area contributed by atoms with Gasteiger partial charge in [0.15, 0.2) is 0 Å². The summed E-state index contributed by atoms with van der Waals surface area (Å²) in [6, 6.07) is 15.3. The number of fused-ring (bicyclic) bond motifs is 3. The van der Waals surface area contributed by atoms with E-state index >= 15 is 0 Å². The lowest BCUT2D eigenvalue weighted by Crippen LogP contribution is -2.49. The predicted molar refractivity (Wildman–Crippen MR) is 127 cm³/mol. The second kappa shape index (κ2) is 8.71. The van der Waals surface area contributed by atoms with Crippen LogP contribution < -0.4 is 0 Å². The van der Waals surface area contributed by atoms with Gasteiger partial charge in [0.25, 0.3) is 0 Å². The van der Waals surface area contributed by atoms with Crippen molar-refractivity contribution in [3.8, 4) is 0 Å². The van der Waals surface area contributed by atoms with Gasteiger partial charge in [0.1, 0.15) is 6.61 Å². The Morgan fingerprint density at radius 3 is 2.36 bits per heavy atom. The number of halogens is 1. The van der Waals surface area contributed by atoms with Crippen LogP contribution >= 0.6 is 11.6 Å². The quantitative estimate of drug-likeness (QED) is 0.648. The number of hydrogen-bond donors (Lipinski definition) is 1. The molecule has 1 saturated heterocycles. The van der Waals surface area contributed by atoms with E-state index in [1.807, 2.05) is 6.07 Å². The van der Waals surface area contributed by atoms with Crippen LogP contribution in [0.25, 0.3) is 0 Å². The highest BCUT2D eigenvalue weighted by Gasteiger charge is 2.45. The van der Waals surface area contributed by atoms with Crippen molar-refractivity contribution in [1.82, 2.24) is 4.90 Å². The first-order valence-corrected chi connectivity index (χ1v) is 11.7. The van der Waals surface area contributed by atoms with Gasteiger partial charge in [0, 0.05) is 29.9 Å². The van der Waals surface area contributed by atoms with Crippen molar-refractivity contribution >= 4 is 23.7 Å². The summed E-state index contributed by atoms with van der Waals surface area (Å²) in [5.41, 5.74) is 2.25. The Morgan fingerprint density at radius 2 is 1.67 bits per heavy atom. The summed E-state index contributed by atoms with van der Waals surface area (Å²) in [7, 11) is 0. The third kappa shape index (κ3) is 3.84. The van der Waals surface area contributed by atoms with Crippen LogP contribution in [0.1, 0.15) is 41.4 Å². The number of ether oxygens (including phenoxy) is 1. The normalized spacial score (nSPS) is 24.8. The molecule has 5 nitrogen and oxygen atoms in total. The Bertz CT molecular complexity index is 1120. The minimum Gasteiger partial charge on any atom is -0.481 e. The summed E-state index contributed by atoms with van der Waals surface area (Å²) >= 11 is 5.98. The molecular formula is C27H26ClNO4. The molecule has 1 aliphatic heterocycles. The third-order valence-corrected chi connectivity index (χ3v) is 7.72. The van der Waals surface area contributed by atoms with E-state index in [1.54, 1.807) is 29.2 Å². The van der Waals surface area contributed by atoms with E-state index in [1.165, 1.54) is 11.1 Å². The van der Waals surface area contributed by atoms with Crippen LogP contribution in [0.15, 0.2) is 72.8 Å². The number of carbonyl (C=O) groups excluding carboxylic acids is 1. The number of likely N-dealkylation sites (tertiary alicyclic amines) is 1. The molecular weight excluding hydrogens is 438 g/mol. The van der Waals surface area contributed by atoms with Gasteiger partial charge in [-0.1, -0.05) is 72.3 Å². The molecule has 0 aromatic heterocycles. The maximum atomic E-state index is 12.9. The van der Waals surface area contributed by atoms with Crippen LogP contribution in [0.4, 0.5) is 4.79 Å². The zero-order valence-corrected chi connectivity index (χ0v) is 18.9. The Balaban J connectivity index is 1.25. The summed E-state index contributed by atoms with van der Waals surface area (Å²) in [6.07, 6.45) is 8.87. The molecule has 170 valence electrons. The van der Waals surface area contributed by atoms with Gasteiger partial charge in [-0.25, -0.2) is 4.79 Å². The summed E-state index contributed by atoms with van der Waals surface area (Å²) in [5.74, 6) is -0.150. The number of benzene rings is 2. The number of carboxylic acid groups (broad SMARTS) is 1. The summed E-state index contributed by atoms with van der Waals surface area (Å²) < 4.78 is 5.79. The van der Waals surface area contributed by atoms with Gasteiger partial charge < -0.3 is 14.7 Å². The first-order valence-electron chi connectivity index (χ1n) is 11.3. The standard InChI is InChI=1S/C27H26ClNO4/c28-19-11-9-18(10-12-19)27(25(30)31)13-15-29(16-14-27)26(32)33-17-24-22-7-3-1-5-20(22)21-6-2-4-8-23(21)24/h1-12,20,22,24H,13-17H2,(H,30,31). The molecule has 2 aromatic rings. The molecule has 1 N–H and O–H groups in total. The number of allylic oxidation sites excluding steroid dienone is 4. The average molecular weight is 464 g/mol. The number of piperidine rings is 1. The first-order chi connectivity index (χ1) is 16.0. The van der Waals surface area contributed by atoms with E-state index in [9.17, 15) is 14.7 Å². The summed E-state index contributed by atoms with van der Waals surface area (Å²) in [4.78, 5) is 26.7. The number of aliphatic carboxylic acids is 1. The smallest absolute Gasteiger partial charge is 0.409 e. The number of carboxylic acids is 1. The first kappa shape index (κ1) is 21.8. The van der Waals surface area contributed by atoms with Crippen LogP contribution in [-0.4, -0.2) is 41.8 Å². The molecule has 1 fully saturated rings. The van der Waals surface area contributed by atoms with Crippen LogP contribution in [0.2, 0.25) is 5.02 Å². The molecule has 0 spiro atoms. The molecule has 2 aliphatic carbocycles. The summed E-state index contributed by atoms with van der Waals surface area (Å²) in [5, 5.41) is 10.6. The fourth-order valence-electron chi connectivity index (χ4n) is 5.60. The molecule has 2 aromatic carbocycles. The van der Waals surface area contributed by atoms with E-state index in [2.05, 4.69) is 42.5 Å². The Labute approximate surface area is 198 Å². The van der Waals surface area contributed by atoms with Gasteiger partial charge in [-0.3, -0.25) is 4.79 Å². The topological polar surface area (TPSA) is 66.8 Å². The molecule has 1 heterocycles. The Hall–Kier alpha value is -3.05. The third-order valence-electron chi connectivity index (χ3n) is 7.46. The van der Waals surface area contributed by atoms with E-state index in [0.29, 0.717) is 43.5 Å². The fourth-order valence-corrected chi connectivity index (χ4v) is 5.72. The minimum absolute atomic E-state index is 0.119. The number of carbonyl (C=O) groups is 2. The van der Waals surface area contributed by atoms with Crippen LogP contribution in [-0.2, 0) is 14.9 Å². The van der Waals surface area contributed by atoms with Gasteiger partial charge >= 0.3 is 12.1 Å². The van der Waals surface area contributed by atoms with E-state index in [0.717, 1.165) is 5.56 Å². The maximum absolute atomic E-state index is 12.9. The van der Waals surface area contributed by atoms with Crippen molar-refractivity contribution in [2.75, 3.05) is 19.7 Å². The molecule has 0 saturated carbocycles. The predicted octanol–water partition coefficient (Wildman–Crippen LogP) is 5.52. The van der Waals surface area contributed by atoms with Crippen molar-refractivity contribution < 1.29 is 19.4 Å². The zero-order valence-electron chi connectivity index (χ0n) is 18.2. The lowest BCUT2D eigenvalue weighted by atomic mass is 9.73. The van der Waals surface area contributed by atoms with Gasteiger partial charge in [-0.05, 0) is 47.6 Å². The fraction of sp³-hybridized carbons (Fsp3) is 0.333. The molecule has 6 heteroatoms. The van der Waals surface area contributed by atoms with E-state index in [-0.39, 0.29) is 17.9 Å². The Morgan fingerprint density at radius 1 is 1.00 bits per heavy atom. The van der Waals surface area contributed by atoms with Gasteiger partial charge in [-0.2, -0.15) is 0 Å². The van der Waals surface area contributed by atoms with Crippen molar-refractivity contribution in [3.63, 3.8) is 0 Å². The molecule has 3 aliphatic rings. The highest BCUT2D eigenvalue weighted by molar-refractivity contribution is 6.30. The van der Waals surface area contributed by atoms with Gasteiger partial charge in [0.2, 0.25) is 0 Å². The number of nitrogens with zero attached hydrogens (tertiary/aromatic N) is 1. The average Bonchev–Trinajstić information content (AvgIpc) is 3.16. The van der Waals surface area contributed by atoms with Gasteiger partial charge in [-0.15, -0.1) is 0 Å². The molecule has 33 heavy (non-hydrogen) atoms. The number of amides is 1. The summed E-state index contributed by atoms with van der Waals surface area (Å²) in [6.45, 7) is 0.986. The van der Waals surface area contributed by atoms with E-state index in [4.69, 9.17) is 16.3 Å². The zero-order chi connectivity index (χ0) is 23.0. The second-order valence-corrected chi connectivity index (χ2v) is 9.50. The monoisotopic (exact) mass is 463 g/mol. The molecule has 3 atom stereocenters. The SMILES string of the molecule is O=C(OCC1c2ccccc2C2C=CC=CC21)N1CCC(C(=O)O)(c2ccc(Cl)cc2)CC1. The second-order valence-electron chi connectivity index (χ2n) is 9.07. The lowest BCUT2D eigenvalue weighted by Gasteiger charge is -2.38. The largest absolute Gasteiger partial charge is 0.481 e. The maximum Gasteiger partial charge on any atom is 0.409 e. The lowest BCUT2D eigenvalue weighted by molar-refractivity contribution is -0.145. The number of rotatable bonds is 4. The number of hydrogen-bond acceptors (Lipinski definition) is 3. The van der Waals surface area contributed by atoms with Crippen molar-refractivity contribution in [2.24, 2.45) is 5.92 Å². The Kier molecular flexibility index (Phi) is 5.75. The molecule has 5 rings (SSSR count). The van der Waals surface area contributed by atoms with Crippen LogP contribution in [0.3, 0.4) is 0 Å². The van der Waals surface area contributed by atoms with Crippen LogP contribution in [0, 0.1) is 5.92 Å². The molecule has 3 unspecified atom stereocenters.